The number of benzene rings is 1. The molecule has 0 N–H and O–H groups in total. The third kappa shape index (κ3) is 6.07. The van der Waals surface area contributed by atoms with E-state index in [1.54, 1.807) is 0 Å². The summed E-state index contributed by atoms with van der Waals surface area (Å²) in [5.74, 6) is -0.308. The number of ketones is 1. The van der Waals surface area contributed by atoms with Crippen LogP contribution >= 0.6 is 11.6 Å². The Labute approximate surface area is 106 Å². The van der Waals surface area contributed by atoms with Crippen LogP contribution in [0.15, 0.2) is 30.3 Å². The first-order valence-electron chi connectivity index (χ1n) is 5.49. The number of Topliss-reactive ketones (excluding diaryl/α,β-unsaturated/α-hetero) is 1. The van der Waals surface area contributed by atoms with Crippen molar-refractivity contribution in [1.29, 1.82) is 0 Å². The van der Waals surface area contributed by atoms with E-state index in [-0.39, 0.29) is 30.7 Å². The standard InChI is InChI=1S/C13H15ClO3/c14-9-12(15)7-4-8-13(16)17-10-11-5-2-1-3-6-11/h1-3,5-6H,4,7-10H2. The molecule has 3 nitrogen and oxygen atoms in total. The fourth-order valence-electron chi connectivity index (χ4n) is 1.31. The van der Waals surface area contributed by atoms with E-state index >= 15 is 0 Å². The molecular formula is C13H15ClO3. The van der Waals surface area contributed by atoms with Gasteiger partial charge in [0.15, 0.2) is 0 Å². The molecule has 0 saturated carbocycles. The van der Waals surface area contributed by atoms with Crippen LogP contribution in [0, 0.1) is 0 Å². The predicted molar refractivity (Wildman–Crippen MR) is 65.8 cm³/mol. The van der Waals surface area contributed by atoms with Crippen LogP contribution in [-0.4, -0.2) is 17.6 Å². The summed E-state index contributed by atoms with van der Waals surface area (Å²) in [6.07, 6.45) is 1.10. The molecule has 92 valence electrons. The van der Waals surface area contributed by atoms with Crippen LogP contribution in [0.1, 0.15) is 24.8 Å². The maximum atomic E-state index is 11.3. The predicted octanol–water partition coefficient (Wildman–Crippen LogP) is 2.71. The van der Waals surface area contributed by atoms with Gasteiger partial charge in [0.1, 0.15) is 12.4 Å². The van der Waals surface area contributed by atoms with Gasteiger partial charge < -0.3 is 4.74 Å². The lowest BCUT2D eigenvalue weighted by Crippen LogP contribution is -2.06. The van der Waals surface area contributed by atoms with Crippen molar-refractivity contribution in [1.82, 2.24) is 0 Å². The number of rotatable bonds is 7. The molecular weight excluding hydrogens is 240 g/mol. The second-order valence-electron chi connectivity index (χ2n) is 3.67. The average Bonchev–Trinajstić information content (AvgIpc) is 2.37. The summed E-state index contributed by atoms with van der Waals surface area (Å²) in [5.41, 5.74) is 0.956. The Balaban J connectivity index is 2.16. The minimum atomic E-state index is -0.281. The zero-order chi connectivity index (χ0) is 12.5. The monoisotopic (exact) mass is 254 g/mol. The Bertz CT molecular complexity index is 362. The first kappa shape index (κ1) is 13.7. The molecule has 0 fully saturated rings. The molecule has 1 rings (SSSR count). The molecule has 0 aliphatic carbocycles. The van der Waals surface area contributed by atoms with Gasteiger partial charge in [-0.2, -0.15) is 0 Å². The van der Waals surface area contributed by atoms with E-state index in [0.29, 0.717) is 12.8 Å². The quantitative estimate of drug-likeness (QED) is 0.555. The maximum absolute atomic E-state index is 11.3. The SMILES string of the molecule is O=C(CCl)CCCC(=O)OCc1ccccc1. The number of carbonyl (C=O) groups is 2. The molecule has 0 aliphatic rings. The second kappa shape index (κ2) is 7.85. The van der Waals surface area contributed by atoms with E-state index in [1.165, 1.54) is 0 Å². The summed E-state index contributed by atoms with van der Waals surface area (Å²) >= 11 is 5.34. The van der Waals surface area contributed by atoms with Gasteiger partial charge in [0, 0.05) is 12.8 Å². The maximum Gasteiger partial charge on any atom is 0.306 e. The number of halogens is 1. The topological polar surface area (TPSA) is 43.4 Å². The molecule has 0 aromatic heterocycles. The van der Waals surface area contributed by atoms with Crippen molar-refractivity contribution in [2.45, 2.75) is 25.9 Å². The smallest absolute Gasteiger partial charge is 0.306 e. The van der Waals surface area contributed by atoms with Crippen LogP contribution in [-0.2, 0) is 20.9 Å². The lowest BCUT2D eigenvalue weighted by molar-refractivity contribution is -0.145. The van der Waals surface area contributed by atoms with Crippen molar-refractivity contribution >= 4 is 23.4 Å². The Hall–Kier alpha value is -1.35. The summed E-state index contributed by atoms with van der Waals surface area (Å²) in [5, 5.41) is 0. The summed E-state index contributed by atoms with van der Waals surface area (Å²) in [6, 6.07) is 9.47. The van der Waals surface area contributed by atoms with Gasteiger partial charge in [0.25, 0.3) is 0 Å². The van der Waals surface area contributed by atoms with Crippen LogP contribution < -0.4 is 0 Å². The van der Waals surface area contributed by atoms with Gasteiger partial charge in [-0.3, -0.25) is 9.59 Å². The molecule has 1 aromatic rings. The van der Waals surface area contributed by atoms with E-state index < -0.39 is 0 Å². The van der Waals surface area contributed by atoms with Crippen molar-refractivity contribution in [2.24, 2.45) is 0 Å². The zero-order valence-electron chi connectivity index (χ0n) is 9.52. The van der Waals surface area contributed by atoms with Crippen LogP contribution in [0.25, 0.3) is 0 Å². The number of hydrogen-bond donors (Lipinski definition) is 0. The van der Waals surface area contributed by atoms with Gasteiger partial charge in [-0.1, -0.05) is 30.3 Å². The number of hydrogen-bond acceptors (Lipinski definition) is 3. The summed E-state index contributed by atoms with van der Waals surface area (Å²) < 4.78 is 5.06. The van der Waals surface area contributed by atoms with Crippen molar-refractivity contribution in [3.8, 4) is 0 Å². The molecule has 0 bridgehead atoms. The fourth-order valence-corrected chi connectivity index (χ4v) is 1.44. The van der Waals surface area contributed by atoms with Crippen LogP contribution in [0.5, 0.6) is 0 Å². The van der Waals surface area contributed by atoms with E-state index in [0.717, 1.165) is 5.56 Å². The molecule has 0 atom stereocenters. The highest BCUT2D eigenvalue weighted by Crippen LogP contribution is 2.04. The molecule has 17 heavy (non-hydrogen) atoms. The Morgan fingerprint density at radius 1 is 1.12 bits per heavy atom. The van der Waals surface area contributed by atoms with Crippen molar-refractivity contribution < 1.29 is 14.3 Å². The third-order valence-electron chi connectivity index (χ3n) is 2.23. The second-order valence-corrected chi connectivity index (χ2v) is 3.94. The van der Waals surface area contributed by atoms with E-state index in [9.17, 15) is 9.59 Å². The van der Waals surface area contributed by atoms with E-state index in [2.05, 4.69) is 0 Å². The number of ether oxygens (including phenoxy) is 1. The van der Waals surface area contributed by atoms with Gasteiger partial charge >= 0.3 is 5.97 Å². The van der Waals surface area contributed by atoms with Gasteiger partial charge in [0.05, 0.1) is 5.88 Å². The Kier molecular flexibility index (Phi) is 6.33. The van der Waals surface area contributed by atoms with Crippen molar-refractivity contribution in [2.75, 3.05) is 5.88 Å². The molecule has 0 amide bonds. The highest BCUT2D eigenvalue weighted by molar-refractivity contribution is 6.27. The molecule has 0 saturated heterocycles. The summed E-state index contributed by atoms with van der Waals surface area (Å²) in [7, 11) is 0. The van der Waals surface area contributed by atoms with Gasteiger partial charge in [0.2, 0.25) is 0 Å². The van der Waals surface area contributed by atoms with Crippen LogP contribution in [0.3, 0.4) is 0 Å². The molecule has 0 spiro atoms. The van der Waals surface area contributed by atoms with Gasteiger partial charge in [-0.25, -0.2) is 0 Å². The van der Waals surface area contributed by atoms with E-state index in [1.807, 2.05) is 30.3 Å². The Morgan fingerprint density at radius 3 is 2.47 bits per heavy atom. The number of alkyl halides is 1. The van der Waals surface area contributed by atoms with E-state index in [4.69, 9.17) is 16.3 Å². The average molecular weight is 255 g/mol. The van der Waals surface area contributed by atoms with Crippen LogP contribution in [0.4, 0.5) is 0 Å². The minimum Gasteiger partial charge on any atom is -0.461 e. The zero-order valence-corrected chi connectivity index (χ0v) is 10.3. The highest BCUT2D eigenvalue weighted by Gasteiger charge is 2.05. The highest BCUT2D eigenvalue weighted by atomic mass is 35.5. The number of carbonyl (C=O) groups excluding carboxylic acids is 2. The molecule has 0 unspecified atom stereocenters. The lowest BCUT2D eigenvalue weighted by Gasteiger charge is -2.04. The molecule has 4 heteroatoms. The molecule has 0 heterocycles. The van der Waals surface area contributed by atoms with Crippen molar-refractivity contribution in [3.63, 3.8) is 0 Å². The Morgan fingerprint density at radius 2 is 1.82 bits per heavy atom. The fraction of sp³-hybridized carbons (Fsp3) is 0.385. The summed E-state index contributed by atoms with van der Waals surface area (Å²) in [4.78, 5) is 22.2. The largest absolute Gasteiger partial charge is 0.461 e. The first-order chi connectivity index (χ1) is 8.22. The lowest BCUT2D eigenvalue weighted by atomic mass is 10.2. The number of esters is 1. The normalized spacial score (nSPS) is 9.94. The first-order valence-corrected chi connectivity index (χ1v) is 6.03. The molecule has 0 aliphatic heterocycles. The van der Waals surface area contributed by atoms with Gasteiger partial charge in [-0.15, -0.1) is 11.6 Å². The third-order valence-corrected chi connectivity index (χ3v) is 2.53. The summed E-state index contributed by atoms with van der Waals surface area (Å²) in [6.45, 7) is 0.281. The van der Waals surface area contributed by atoms with Crippen molar-refractivity contribution in [3.05, 3.63) is 35.9 Å². The van der Waals surface area contributed by atoms with Crippen LogP contribution in [0.2, 0.25) is 0 Å². The van der Waals surface area contributed by atoms with Gasteiger partial charge in [-0.05, 0) is 12.0 Å². The molecule has 0 radical (unpaired) electrons. The minimum absolute atomic E-state index is 0.0130. The molecule has 1 aromatic carbocycles.